The summed E-state index contributed by atoms with van der Waals surface area (Å²) in [5, 5.41) is 23.7. The van der Waals surface area contributed by atoms with E-state index in [1.165, 1.54) is 31.2 Å². The monoisotopic (exact) mass is 349 g/mol. The van der Waals surface area contributed by atoms with Crippen molar-refractivity contribution in [2.45, 2.75) is 13.0 Å². The third-order valence-corrected chi connectivity index (χ3v) is 2.98. The normalized spacial score (nSPS) is 11.4. The first kappa shape index (κ1) is 17.6. The van der Waals surface area contributed by atoms with Crippen molar-refractivity contribution in [3.05, 3.63) is 62.4 Å². The molecule has 1 aromatic heterocycles. The van der Waals surface area contributed by atoms with E-state index < -0.39 is 39.5 Å². The van der Waals surface area contributed by atoms with Gasteiger partial charge in [-0.3, -0.25) is 25.0 Å². The number of carbonyl (C=O) groups excluding carboxylic acids is 2. The Morgan fingerprint density at radius 2 is 1.80 bits per heavy atom. The molecule has 11 nitrogen and oxygen atoms in total. The molecule has 1 aromatic carbocycles. The number of carbonyl (C=O) groups is 2. The van der Waals surface area contributed by atoms with Crippen LogP contribution in [0.2, 0.25) is 0 Å². The topological polar surface area (TPSA) is 155 Å². The third kappa shape index (κ3) is 4.16. The molecule has 0 spiro atoms. The van der Waals surface area contributed by atoms with Gasteiger partial charge in [-0.25, -0.2) is 4.79 Å². The van der Waals surface area contributed by atoms with E-state index >= 15 is 0 Å². The first-order chi connectivity index (χ1) is 11.8. The molecule has 0 bridgehead atoms. The minimum absolute atomic E-state index is 0.0611. The smallest absolute Gasteiger partial charge is 0.433 e. The lowest BCUT2D eigenvalue weighted by Crippen LogP contribution is -2.30. The van der Waals surface area contributed by atoms with Crippen LogP contribution in [0.15, 0.2) is 40.8 Å². The highest BCUT2D eigenvalue weighted by Gasteiger charge is 2.25. The zero-order valence-electron chi connectivity index (χ0n) is 12.7. The van der Waals surface area contributed by atoms with Gasteiger partial charge in [-0.15, -0.1) is 0 Å². The summed E-state index contributed by atoms with van der Waals surface area (Å²) in [5.41, 5.74) is -0.384. The molecule has 0 fully saturated rings. The average Bonchev–Trinajstić information content (AvgIpc) is 3.05. The van der Waals surface area contributed by atoms with Crippen molar-refractivity contribution >= 4 is 29.1 Å². The molecule has 2 rings (SSSR count). The van der Waals surface area contributed by atoms with Crippen LogP contribution in [0.3, 0.4) is 0 Å². The van der Waals surface area contributed by atoms with Crippen molar-refractivity contribution in [3.63, 3.8) is 0 Å². The second-order valence-corrected chi connectivity index (χ2v) is 4.71. The number of hydrogen-bond donors (Lipinski definition) is 1. The van der Waals surface area contributed by atoms with Crippen LogP contribution in [0.4, 0.5) is 17.3 Å². The van der Waals surface area contributed by atoms with E-state index in [2.05, 4.69) is 9.73 Å². The van der Waals surface area contributed by atoms with Crippen molar-refractivity contribution in [1.29, 1.82) is 0 Å². The summed E-state index contributed by atoms with van der Waals surface area (Å²) in [4.78, 5) is 43.7. The number of para-hydroxylation sites is 2. The summed E-state index contributed by atoms with van der Waals surface area (Å²) in [6.45, 7) is 1.24. The predicted octanol–water partition coefficient (Wildman–Crippen LogP) is 2.28. The summed E-state index contributed by atoms with van der Waals surface area (Å²) >= 11 is 0. The Morgan fingerprint density at radius 1 is 1.12 bits per heavy atom. The molecule has 0 saturated heterocycles. The van der Waals surface area contributed by atoms with Gasteiger partial charge in [0, 0.05) is 6.07 Å². The second kappa shape index (κ2) is 7.21. The van der Waals surface area contributed by atoms with Crippen molar-refractivity contribution in [3.8, 4) is 0 Å². The van der Waals surface area contributed by atoms with Crippen LogP contribution < -0.4 is 5.32 Å². The fourth-order valence-electron chi connectivity index (χ4n) is 1.78. The molecule has 0 aliphatic carbocycles. The zero-order valence-corrected chi connectivity index (χ0v) is 12.7. The number of amides is 1. The molecule has 2 aromatic rings. The maximum Gasteiger partial charge on any atom is 0.433 e. The molecule has 130 valence electrons. The van der Waals surface area contributed by atoms with Gasteiger partial charge in [0.2, 0.25) is 5.76 Å². The van der Waals surface area contributed by atoms with Crippen molar-refractivity contribution in [2.75, 3.05) is 5.32 Å². The van der Waals surface area contributed by atoms with Crippen molar-refractivity contribution in [1.82, 2.24) is 0 Å². The number of furan rings is 1. The Morgan fingerprint density at radius 3 is 2.40 bits per heavy atom. The van der Waals surface area contributed by atoms with Crippen LogP contribution in [0.1, 0.15) is 17.5 Å². The molecule has 11 heteroatoms. The predicted molar refractivity (Wildman–Crippen MR) is 82.0 cm³/mol. The number of nitro benzene ring substituents is 1. The number of nitrogens with zero attached hydrogens (tertiary/aromatic N) is 2. The fourth-order valence-corrected chi connectivity index (χ4v) is 1.78. The molecule has 25 heavy (non-hydrogen) atoms. The van der Waals surface area contributed by atoms with Gasteiger partial charge in [0.05, 0.1) is 11.0 Å². The van der Waals surface area contributed by atoms with Crippen LogP contribution in [-0.2, 0) is 9.53 Å². The molecular weight excluding hydrogens is 338 g/mol. The Kier molecular flexibility index (Phi) is 5.07. The van der Waals surface area contributed by atoms with Gasteiger partial charge in [-0.2, -0.15) is 0 Å². The Balaban J connectivity index is 2.04. The SMILES string of the molecule is CC(OC(=O)c1ccc([N+](=O)[O-])o1)C(=O)Nc1ccccc1[N+](=O)[O-]. The molecule has 1 unspecified atom stereocenters. The summed E-state index contributed by atoms with van der Waals surface area (Å²) in [5.74, 6) is -3.00. The largest absolute Gasteiger partial charge is 0.447 e. The minimum Gasteiger partial charge on any atom is -0.447 e. The van der Waals surface area contributed by atoms with E-state index in [-0.39, 0.29) is 11.4 Å². The van der Waals surface area contributed by atoms with Gasteiger partial charge in [0.1, 0.15) is 10.6 Å². The number of nitrogens with one attached hydrogen (secondary N) is 1. The van der Waals surface area contributed by atoms with E-state index in [9.17, 15) is 29.8 Å². The molecule has 0 aliphatic heterocycles. The first-order valence-corrected chi connectivity index (χ1v) is 6.79. The quantitative estimate of drug-likeness (QED) is 0.473. The van der Waals surface area contributed by atoms with Gasteiger partial charge in [0.25, 0.3) is 11.6 Å². The van der Waals surface area contributed by atoms with Gasteiger partial charge < -0.3 is 14.5 Å². The van der Waals surface area contributed by atoms with Gasteiger partial charge in [-0.1, -0.05) is 12.1 Å². The van der Waals surface area contributed by atoms with E-state index in [4.69, 9.17) is 4.74 Å². The molecule has 1 atom stereocenters. The summed E-state index contributed by atoms with van der Waals surface area (Å²) in [7, 11) is 0. The fraction of sp³-hybridized carbons (Fsp3) is 0.143. The van der Waals surface area contributed by atoms with Crippen LogP contribution in [0.25, 0.3) is 0 Å². The van der Waals surface area contributed by atoms with E-state index in [1.54, 1.807) is 0 Å². The van der Waals surface area contributed by atoms with Crippen molar-refractivity contribution in [2.24, 2.45) is 0 Å². The second-order valence-electron chi connectivity index (χ2n) is 4.71. The number of rotatable bonds is 6. The third-order valence-electron chi connectivity index (χ3n) is 2.98. The average molecular weight is 349 g/mol. The lowest BCUT2D eigenvalue weighted by molar-refractivity contribution is -0.402. The first-order valence-electron chi connectivity index (χ1n) is 6.79. The molecule has 0 aliphatic rings. The summed E-state index contributed by atoms with van der Waals surface area (Å²) in [6, 6.07) is 7.44. The maximum atomic E-state index is 12.0. The Bertz CT molecular complexity index is 844. The van der Waals surface area contributed by atoms with Gasteiger partial charge in [0.15, 0.2) is 6.10 Å². The van der Waals surface area contributed by atoms with Crippen LogP contribution >= 0.6 is 0 Å². The Labute approximate surface area is 139 Å². The van der Waals surface area contributed by atoms with Gasteiger partial charge >= 0.3 is 11.9 Å². The van der Waals surface area contributed by atoms with E-state index in [0.717, 1.165) is 12.1 Å². The lowest BCUT2D eigenvalue weighted by Gasteiger charge is -2.12. The molecule has 0 saturated carbocycles. The minimum atomic E-state index is -1.32. The highest BCUT2D eigenvalue weighted by atomic mass is 16.7. The van der Waals surface area contributed by atoms with E-state index in [0.29, 0.717) is 0 Å². The van der Waals surface area contributed by atoms with Crippen LogP contribution in [-0.4, -0.2) is 27.8 Å². The Hall–Kier alpha value is -3.76. The number of hydrogen-bond acceptors (Lipinski definition) is 8. The molecular formula is C14H11N3O8. The standard InChI is InChI=1S/C14H11N3O8/c1-8(24-14(19)11-6-7-12(25-11)17(22)23)13(18)15-9-4-2-3-5-10(9)16(20)21/h2-8H,1H3,(H,15,18). The maximum absolute atomic E-state index is 12.0. The van der Waals surface area contributed by atoms with Gasteiger partial charge in [-0.05, 0) is 19.1 Å². The molecule has 1 amide bonds. The number of ether oxygens (including phenoxy) is 1. The van der Waals surface area contributed by atoms with Crippen LogP contribution in [0.5, 0.6) is 0 Å². The molecule has 0 radical (unpaired) electrons. The highest BCUT2D eigenvalue weighted by Crippen LogP contribution is 2.23. The summed E-state index contributed by atoms with van der Waals surface area (Å²) < 4.78 is 9.49. The number of benzene rings is 1. The number of nitro groups is 2. The summed E-state index contributed by atoms with van der Waals surface area (Å²) in [6.07, 6.45) is -1.32. The van der Waals surface area contributed by atoms with Crippen molar-refractivity contribution < 1.29 is 28.6 Å². The highest BCUT2D eigenvalue weighted by molar-refractivity contribution is 5.98. The lowest BCUT2D eigenvalue weighted by atomic mass is 10.2. The van der Waals surface area contributed by atoms with E-state index in [1.807, 2.05) is 0 Å². The zero-order chi connectivity index (χ0) is 18.6. The number of esters is 1. The number of anilines is 1. The molecule has 1 heterocycles. The molecule has 1 N–H and O–H groups in total. The van der Waals surface area contributed by atoms with Crippen LogP contribution in [0, 0.1) is 20.2 Å².